The topological polar surface area (TPSA) is 108 Å². The van der Waals surface area contributed by atoms with E-state index in [1.54, 1.807) is 17.9 Å². The van der Waals surface area contributed by atoms with Crippen LogP contribution in [0.4, 0.5) is 34.5 Å². The molecule has 204 valence electrons. The highest BCUT2D eigenvalue weighted by Gasteiger charge is 2.36. The number of carbonyl (C=O) groups is 2. The smallest absolute Gasteiger partial charge is 0.452 e. The van der Waals surface area contributed by atoms with Crippen molar-refractivity contribution in [2.75, 3.05) is 37.0 Å². The number of nitrogens with one attached hydrogen (secondary N) is 1. The Kier molecular flexibility index (Phi) is 9.21. The number of rotatable bonds is 9. The van der Waals surface area contributed by atoms with E-state index in [9.17, 15) is 27.9 Å². The van der Waals surface area contributed by atoms with Gasteiger partial charge in [-0.2, -0.15) is 22.5 Å². The van der Waals surface area contributed by atoms with Gasteiger partial charge in [-0.3, -0.25) is 4.79 Å². The monoisotopic (exact) mass is 543 g/mol. The molecule has 2 aromatic rings. The van der Waals surface area contributed by atoms with E-state index >= 15 is 0 Å². The zero-order valence-corrected chi connectivity index (χ0v) is 22.0. The van der Waals surface area contributed by atoms with E-state index in [-0.39, 0.29) is 35.5 Å². The summed E-state index contributed by atoms with van der Waals surface area (Å²) in [6, 6.07) is 5.57. The van der Waals surface area contributed by atoms with Gasteiger partial charge in [0, 0.05) is 37.2 Å². The molecule has 0 spiro atoms. The molecular formula is C24H32F3N5O4S. The summed E-state index contributed by atoms with van der Waals surface area (Å²) in [6.45, 7) is 7.65. The van der Waals surface area contributed by atoms with Crippen LogP contribution in [0.5, 0.6) is 0 Å². The number of likely N-dealkylation sites (tertiary alicyclic amines) is 1. The fourth-order valence-corrected chi connectivity index (χ4v) is 5.02. The summed E-state index contributed by atoms with van der Waals surface area (Å²) in [5, 5.41) is 12.2. The zero-order valence-electron chi connectivity index (χ0n) is 21.2. The number of nitrogens with zero attached hydrogens (tertiary/aromatic N) is 4. The summed E-state index contributed by atoms with van der Waals surface area (Å²) in [5.74, 6) is -2.19. The maximum Gasteiger partial charge on any atom is 0.452 e. The molecule has 1 amide bonds. The molecule has 0 saturated carbocycles. The molecule has 0 bridgehead atoms. The molecule has 1 aliphatic rings. The van der Waals surface area contributed by atoms with E-state index in [1.807, 2.05) is 12.1 Å². The number of carboxylic acids is 1. The summed E-state index contributed by atoms with van der Waals surface area (Å²) in [6.07, 6.45) is -3.73. The summed E-state index contributed by atoms with van der Waals surface area (Å²) >= 11 is 0.609. The minimum absolute atomic E-state index is 0.0124. The van der Waals surface area contributed by atoms with Crippen molar-refractivity contribution in [3.63, 3.8) is 0 Å². The van der Waals surface area contributed by atoms with Crippen molar-refractivity contribution in [3.05, 3.63) is 29.6 Å². The lowest BCUT2D eigenvalue weighted by atomic mass is 9.95. The highest BCUT2D eigenvalue weighted by Crippen LogP contribution is 2.37. The van der Waals surface area contributed by atoms with Gasteiger partial charge in [-0.05, 0) is 42.4 Å². The number of hydrogen-bond acceptors (Lipinski definition) is 8. The lowest BCUT2D eigenvalue weighted by molar-refractivity contribution is -0.144. The Hall–Kier alpha value is -3.09. The van der Waals surface area contributed by atoms with Crippen LogP contribution in [0.3, 0.4) is 0 Å². The van der Waals surface area contributed by atoms with Crippen molar-refractivity contribution >= 4 is 40.1 Å². The van der Waals surface area contributed by atoms with E-state index in [0.29, 0.717) is 49.7 Å². The predicted molar refractivity (Wildman–Crippen MR) is 134 cm³/mol. The number of ether oxygens (including phenoxy) is 1. The van der Waals surface area contributed by atoms with Gasteiger partial charge in [-0.1, -0.05) is 26.8 Å². The van der Waals surface area contributed by atoms with Gasteiger partial charge in [0.15, 0.2) is 0 Å². The van der Waals surface area contributed by atoms with Gasteiger partial charge in [-0.25, -0.2) is 4.79 Å². The van der Waals surface area contributed by atoms with Crippen molar-refractivity contribution < 1.29 is 32.6 Å². The molecule has 1 saturated heterocycles. The highest BCUT2D eigenvalue weighted by molar-refractivity contribution is 7.09. The fourth-order valence-electron chi connectivity index (χ4n) is 4.42. The standard InChI is InChI=1S/C24H32F3N5O4S/c1-14(2)13-32(17-7-9-31(10-8-17)23(35)36-4)19-6-5-16(15(3)11-20(33)34)12-18(19)28-22-29-21(30-37-22)24(25,26)27/h5-6,12,14-15,17H,7-11,13H2,1-4H3,(H,33,34)(H,28,29,30)/t15-/m1/s1. The maximum absolute atomic E-state index is 13.1. The van der Waals surface area contributed by atoms with Crippen LogP contribution < -0.4 is 10.2 Å². The largest absolute Gasteiger partial charge is 0.481 e. The number of benzene rings is 1. The first-order valence-corrected chi connectivity index (χ1v) is 12.8. The number of aliphatic carboxylic acids is 1. The normalized spacial score (nSPS) is 15.5. The number of piperidine rings is 1. The highest BCUT2D eigenvalue weighted by atomic mass is 32.1. The van der Waals surface area contributed by atoms with Gasteiger partial charge < -0.3 is 25.0 Å². The van der Waals surface area contributed by atoms with Gasteiger partial charge >= 0.3 is 18.2 Å². The minimum atomic E-state index is -4.66. The first-order valence-electron chi connectivity index (χ1n) is 12.0. The first kappa shape index (κ1) is 28.5. The molecule has 1 fully saturated rings. The second-order valence-corrected chi connectivity index (χ2v) is 10.3. The average Bonchev–Trinajstić information content (AvgIpc) is 3.31. The fraction of sp³-hybridized carbons (Fsp3) is 0.583. The lowest BCUT2D eigenvalue weighted by Crippen LogP contribution is -2.48. The number of methoxy groups -OCH3 is 1. The van der Waals surface area contributed by atoms with Crippen molar-refractivity contribution in [2.24, 2.45) is 5.92 Å². The summed E-state index contributed by atoms with van der Waals surface area (Å²) < 4.78 is 47.5. The number of carboxylic acid groups (broad SMARTS) is 1. The Bertz CT molecular complexity index is 1090. The number of aromatic nitrogens is 2. The van der Waals surface area contributed by atoms with Crippen LogP contribution in [0.2, 0.25) is 0 Å². The molecule has 2 heterocycles. The van der Waals surface area contributed by atoms with Crippen LogP contribution in [0.25, 0.3) is 0 Å². The third kappa shape index (κ3) is 7.46. The lowest BCUT2D eigenvalue weighted by Gasteiger charge is -2.41. The summed E-state index contributed by atoms with van der Waals surface area (Å²) in [5.41, 5.74) is 2.02. The van der Waals surface area contributed by atoms with Gasteiger partial charge in [0.2, 0.25) is 11.0 Å². The summed E-state index contributed by atoms with van der Waals surface area (Å²) in [4.78, 5) is 30.7. The quantitative estimate of drug-likeness (QED) is 0.423. The van der Waals surface area contributed by atoms with Crippen molar-refractivity contribution in [3.8, 4) is 0 Å². The Morgan fingerprint density at radius 3 is 2.49 bits per heavy atom. The van der Waals surface area contributed by atoms with Gasteiger partial charge in [0.05, 0.1) is 24.9 Å². The molecular weight excluding hydrogens is 511 g/mol. The van der Waals surface area contributed by atoms with Crippen LogP contribution in [-0.4, -0.2) is 64.2 Å². The van der Waals surface area contributed by atoms with Crippen LogP contribution in [0.1, 0.15) is 57.3 Å². The number of amides is 1. The van der Waals surface area contributed by atoms with E-state index in [2.05, 4.69) is 33.4 Å². The average molecular weight is 544 g/mol. The predicted octanol–water partition coefficient (Wildman–Crippen LogP) is 5.57. The second kappa shape index (κ2) is 12.0. The first-order chi connectivity index (χ1) is 17.4. The molecule has 2 N–H and O–H groups in total. The Morgan fingerprint density at radius 2 is 1.95 bits per heavy atom. The molecule has 3 rings (SSSR count). The number of carbonyl (C=O) groups excluding carboxylic acids is 1. The van der Waals surface area contributed by atoms with Crippen molar-refractivity contribution in [1.29, 1.82) is 0 Å². The van der Waals surface area contributed by atoms with Gasteiger partial charge in [0.1, 0.15) is 0 Å². The molecule has 1 aliphatic heterocycles. The van der Waals surface area contributed by atoms with Gasteiger partial charge in [-0.15, -0.1) is 0 Å². The zero-order chi connectivity index (χ0) is 27.3. The maximum atomic E-state index is 13.1. The molecule has 13 heteroatoms. The van der Waals surface area contributed by atoms with Crippen molar-refractivity contribution in [2.45, 2.75) is 58.2 Å². The Labute approximate surface area is 217 Å². The SMILES string of the molecule is COC(=O)N1CCC(N(CC(C)C)c2ccc([C@H](C)CC(=O)O)cc2Nc2nc(C(F)(F)F)ns2)CC1. The van der Waals surface area contributed by atoms with E-state index in [4.69, 9.17) is 4.74 Å². The minimum Gasteiger partial charge on any atom is -0.481 e. The number of halogens is 3. The number of anilines is 3. The van der Waals surface area contributed by atoms with E-state index in [1.165, 1.54) is 7.11 Å². The van der Waals surface area contributed by atoms with Crippen LogP contribution in [-0.2, 0) is 15.7 Å². The molecule has 0 radical (unpaired) electrons. The molecule has 37 heavy (non-hydrogen) atoms. The molecule has 9 nitrogen and oxygen atoms in total. The third-order valence-electron chi connectivity index (χ3n) is 6.20. The van der Waals surface area contributed by atoms with E-state index < -0.39 is 18.0 Å². The molecule has 1 atom stereocenters. The Balaban J connectivity index is 1.98. The number of hydrogen-bond donors (Lipinski definition) is 2. The van der Waals surface area contributed by atoms with Crippen molar-refractivity contribution in [1.82, 2.24) is 14.3 Å². The summed E-state index contributed by atoms with van der Waals surface area (Å²) in [7, 11) is 1.35. The van der Waals surface area contributed by atoms with Gasteiger partial charge in [0.25, 0.3) is 0 Å². The molecule has 1 aromatic heterocycles. The van der Waals surface area contributed by atoms with Crippen LogP contribution in [0.15, 0.2) is 18.2 Å². The Morgan fingerprint density at radius 1 is 1.27 bits per heavy atom. The molecule has 1 aromatic carbocycles. The van der Waals surface area contributed by atoms with E-state index in [0.717, 1.165) is 11.3 Å². The van der Waals surface area contributed by atoms with Crippen LogP contribution >= 0.6 is 11.5 Å². The third-order valence-corrected chi connectivity index (χ3v) is 6.83. The molecule has 0 aliphatic carbocycles. The van der Waals surface area contributed by atoms with Crippen LogP contribution in [0, 0.1) is 5.92 Å². The number of alkyl halides is 3. The molecule has 0 unspecified atom stereocenters. The second-order valence-electron chi connectivity index (χ2n) is 9.56.